The largest absolute Gasteiger partial charge is 0.365 e. The number of nitrogens with zero attached hydrogens (tertiary/aromatic N) is 6. The van der Waals surface area contributed by atoms with E-state index in [1.165, 1.54) is 6.07 Å². The summed E-state index contributed by atoms with van der Waals surface area (Å²) in [7, 11) is 0. The van der Waals surface area contributed by atoms with E-state index in [9.17, 15) is 9.65 Å². The van der Waals surface area contributed by atoms with E-state index in [0.29, 0.717) is 17.2 Å². The molecule has 156 valence electrons. The highest BCUT2D eigenvalue weighted by Gasteiger charge is 2.44. The molecule has 2 aliphatic rings. The first-order valence-corrected chi connectivity index (χ1v) is 10.6. The molecule has 0 unspecified atom stereocenters. The van der Waals surface area contributed by atoms with Crippen molar-refractivity contribution in [2.75, 3.05) is 22.9 Å². The van der Waals surface area contributed by atoms with Crippen LogP contribution in [0.3, 0.4) is 0 Å². The maximum absolute atomic E-state index is 13.7. The van der Waals surface area contributed by atoms with E-state index < -0.39 is 0 Å². The quantitative estimate of drug-likeness (QED) is 0.494. The molecule has 0 saturated carbocycles. The molecule has 6 nitrogen and oxygen atoms in total. The van der Waals surface area contributed by atoms with E-state index in [0.717, 1.165) is 41.5 Å². The van der Waals surface area contributed by atoms with Crippen molar-refractivity contribution in [1.82, 2.24) is 15.0 Å². The summed E-state index contributed by atoms with van der Waals surface area (Å²) in [5, 5.41) is 11.8. The average molecular weight is 422 g/mol. The van der Waals surface area contributed by atoms with Gasteiger partial charge < -0.3 is 9.80 Å². The number of halogens is 1. The lowest BCUT2D eigenvalue weighted by atomic mass is 10.1. The van der Waals surface area contributed by atoms with E-state index >= 15 is 0 Å². The van der Waals surface area contributed by atoms with Crippen molar-refractivity contribution in [3.05, 3.63) is 78.5 Å². The van der Waals surface area contributed by atoms with Gasteiger partial charge in [0, 0.05) is 48.2 Å². The molecule has 0 radical (unpaired) electrons. The fourth-order valence-electron chi connectivity index (χ4n) is 5.02. The van der Waals surface area contributed by atoms with Gasteiger partial charge in [0.1, 0.15) is 17.4 Å². The first-order valence-electron chi connectivity index (χ1n) is 10.6. The topological polar surface area (TPSA) is 68.9 Å². The molecule has 2 bridgehead atoms. The normalized spacial score (nSPS) is 19.5. The Hall–Kier alpha value is -4.05. The fourth-order valence-corrected chi connectivity index (χ4v) is 5.02. The molecule has 2 atom stereocenters. The Morgan fingerprint density at radius 3 is 2.66 bits per heavy atom. The van der Waals surface area contributed by atoms with Gasteiger partial charge in [0.05, 0.1) is 12.2 Å². The van der Waals surface area contributed by atoms with Crippen LogP contribution in [0, 0.1) is 17.1 Å². The first-order chi connectivity index (χ1) is 15.7. The van der Waals surface area contributed by atoms with Crippen molar-refractivity contribution in [2.45, 2.75) is 18.5 Å². The monoisotopic (exact) mass is 422 g/mol. The van der Waals surface area contributed by atoms with E-state index in [4.69, 9.17) is 4.98 Å². The van der Waals surface area contributed by atoms with Crippen molar-refractivity contribution in [3.63, 3.8) is 0 Å². The SMILES string of the molecule is N#Cc1cnc(-c2cccc3cnccc23)nc1N1C[C@@H]2C[C@@H]1CN2c1cccc(F)c1. The van der Waals surface area contributed by atoms with Crippen LogP contribution >= 0.6 is 0 Å². The summed E-state index contributed by atoms with van der Waals surface area (Å²) >= 11 is 0. The summed E-state index contributed by atoms with van der Waals surface area (Å²) in [6.07, 6.45) is 6.16. The van der Waals surface area contributed by atoms with Gasteiger partial charge in [-0.25, -0.2) is 14.4 Å². The molecule has 2 aromatic carbocycles. The smallest absolute Gasteiger partial charge is 0.162 e. The van der Waals surface area contributed by atoms with Crippen molar-refractivity contribution in [1.29, 1.82) is 5.26 Å². The lowest BCUT2D eigenvalue weighted by molar-refractivity contribution is 0.617. The van der Waals surface area contributed by atoms with Crippen LogP contribution in [0.2, 0.25) is 0 Å². The highest BCUT2D eigenvalue weighted by atomic mass is 19.1. The van der Waals surface area contributed by atoms with Gasteiger partial charge in [0.25, 0.3) is 0 Å². The number of aromatic nitrogens is 3. The Bertz CT molecular complexity index is 1380. The highest BCUT2D eigenvalue weighted by molar-refractivity contribution is 5.94. The van der Waals surface area contributed by atoms with Gasteiger partial charge in [0.2, 0.25) is 0 Å². The zero-order chi connectivity index (χ0) is 21.7. The molecule has 4 aromatic rings. The van der Waals surface area contributed by atoms with Crippen LogP contribution < -0.4 is 9.80 Å². The molecule has 2 aromatic heterocycles. The van der Waals surface area contributed by atoms with Gasteiger partial charge in [0.15, 0.2) is 11.6 Å². The Balaban J connectivity index is 1.36. The Morgan fingerprint density at radius 2 is 1.84 bits per heavy atom. The number of hydrogen-bond donors (Lipinski definition) is 0. The van der Waals surface area contributed by atoms with E-state index in [-0.39, 0.29) is 17.9 Å². The third kappa shape index (κ3) is 2.95. The Labute approximate surface area is 184 Å². The maximum Gasteiger partial charge on any atom is 0.162 e. The van der Waals surface area contributed by atoms with E-state index in [1.54, 1.807) is 24.5 Å². The highest BCUT2D eigenvalue weighted by Crippen LogP contribution is 2.38. The predicted octanol–water partition coefficient (Wildman–Crippen LogP) is 4.17. The van der Waals surface area contributed by atoms with Crippen LogP contribution in [-0.2, 0) is 0 Å². The maximum atomic E-state index is 13.7. The number of hydrogen-bond acceptors (Lipinski definition) is 6. The Morgan fingerprint density at radius 1 is 1.00 bits per heavy atom. The first kappa shape index (κ1) is 18.7. The van der Waals surface area contributed by atoms with Gasteiger partial charge in [-0.05, 0) is 36.1 Å². The lowest BCUT2D eigenvalue weighted by Crippen LogP contribution is -2.47. The minimum absolute atomic E-state index is 0.217. The molecule has 4 heterocycles. The average Bonchev–Trinajstić information content (AvgIpc) is 3.45. The number of nitriles is 1. The summed E-state index contributed by atoms with van der Waals surface area (Å²) in [4.78, 5) is 18.1. The third-order valence-electron chi connectivity index (χ3n) is 6.46. The second-order valence-corrected chi connectivity index (χ2v) is 8.27. The Kier molecular flexibility index (Phi) is 4.25. The standard InChI is InChI=1S/C25H19FN6/c26-18-4-2-5-19(9-18)31-14-21-10-20(31)15-32(21)25-17(11-27)13-29-24(30-25)23-6-1-3-16-12-28-8-7-22(16)23/h1-9,12-13,20-21H,10,14-15H2/t20-,21+/m0/s1. The number of pyridine rings is 1. The molecule has 6 rings (SSSR count). The van der Waals surface area contributed by atoms with Crippen LogP contribution in [-0.4, -0.2) is 40.1 Å². The third-order valence-corrected chi connectivity index (χ3v) is 6.46. The minimum Gasteiger partial charge on any atom is -0.365 e. The second-order valence-electron chi connectivity index (χ2n) is 8.27. The van der Waals surface area contributed by atoms with E-state index in [2.05, 4.69) is 25.8 Å². The van der Waals surface area contributed by atoms with Crippen molar-refractivity contribution in [2.24, 2.45) is 0 Å². The van der Waals surface area contributed by atoms with Crippen LogP contribution in [0.15, 0.2) is 67.1 Å². The van der Waals surface area contributed by atoms with Crippen molar-refractivity contribution >= 4 is 22.3 Å². The van der Waals surface area contributed by atoms with Gasteiger partial charge in [-0.1, -0.05) is 24.3 Å². The lowest BCUT2D eigenvalue weighted by Gasteiger charge is -2.36. The molecule has 32 heavy (non-hydrogen) atoms. The predicted molar refractivity (Wildman–Crippen MR) is 121 cm³/mol. The van der Waals surface area contributed by atoms with Gasteiger partial charge in [-0.3, -0.25) is 4.98 Å². The number of benzene rings is 2. The summed E-state index contributed by atoms with van der Waals surface area (Å²) < 4.78 is 13.7. The van der Waals surface area contributed by atoms with Crippen molar-refractivity contribution in [3.8, 4) is 17.5 Å². The van der Waals surface area contributed by atoms with Crippen LogP contribution in [0.25, 0.3) is 22.2 Å². The van der Waals surface area contributed by atoms with Gasteiger partial charge in [-0.15, -0.1) is 0 Å². The molecule has 2 saturated heterocycles. The van der Waals surface area contributed by atoms with E-state index in [1.807, 2.05) is 36.5 Å². The second kappa shape index (κ2) is 7.27. The minimum atomic E-state index is -0.223. The molecule has 0 N–H and O–H groups in total. The molecule has 2 aliphatic heterocycles. The molecular formula is C25H19FN6. The molecule has 0 amide bonds. The van der Waals surface area contributed by atoms with Gasteiger partial charge in [-0.2, -0.15) is 5.26 Å². The summed E-state index contributed by atoms with van der Waals surface area (Å²) in [5.74, 6) is 1.05. The van der Waals surface area contributed by atoms with Crippen LogP contribution in [0.4, 0.5) is 15.9 Å². The summed E-state index contributed by atoms with van der Waals surface area (Å²) in [6.45, 7) is 1.52. The molecular weight excluding hydrogens is 403 g/mol. The summed E-state index contributed by atoms with van der Waals surface area (Å²) in [5.41, 5.74) is 2.30. The molecule has 7 heteroatoms. The summed E-state index contributed by atoms with van der Waals surface area (Å²) in [6, 6.07) is 17.4. The zero-order valence-electron chi connectivity index (χ0n) is 17.2. The molecule has 0 aliphatic carbocycles. The van der Waals surface area contributed by atoms with Crippen LogP contribution in [0.5, 0.6) is 0 Å². The van der Waals surface area contributed by atoms with Crippen LogP contribution in [0.1, 0.15) is 12.0 Å². The number of anilines is 2. The zero-order valence-corrected chi connectivity index (χ0v) is 17.2. The van der Waals surface area contributed by atoms with Gasteiger partial charge >= 0.3 is 0 Å². The number of piperazine rings is 1. The number of rotatable bonds is 3. The fraction of sp³-hybridized carbons (Fsp3) is 0.200. The molecule has 0 spiro atoms. The molecule has 2 fully saturated rings. The number of fused-ring (bicyclic) bond motifs is 3. The van der Waals surface area contributed by atoms with Crippen molar-refractivity contribution < 1.29 is 4.39 Å².